The molecule has 3 heteroatoms. The van der Waals surface area contributed by atoms with E-state index in [0.717, 1.165) is 36.2 Å². The minimum Gasteiger partial charge on any atom is -0.508 e. The van der Waals surface area contributed by atoms with E-state index < -0.39 is 0 Å². The normalized spacial score (nSPS) is 46.0. The van der Waals surface area contributed by atoms with Crippen molar-refractivity contribution >= 4 is 12.0 Å². The summed E-state index contributed by atoms with van der Waals surface area (Å²) in [5.41, 5.74) is 3.98. The van der Waals surface area contributed by atoms with Crippen LogP contribution in [0, 0.1) is 56.7 Å². The highest BCUT2D eigenvalue weighted by Crippen LogP contribution is 2.75. The van der Waals surface area contributed by atoms with Crippen LogP contribution in [0.25, 0.3) is 6.08 Å². The lowest BCUT2D eigenvalue weighted by molar-refractivity contribution is -0.211. The summed E-state index contributed by atoms with van der Waals surface area (Å²) in [6, 6.07) is 6.89. The summed E-state index contributed by atoms with van der Waals surface area (Å²) in [5, 5.41) is 9.54. The monoisotopic (exact) mass is 572 g/mol. The van der Waals surface area contributed by atoms with E-state index >= 15 is 0 Å². The average Bonchev–Trinajstić information content (AvgIpc) is 2.93. The molecule has 42 heavy (non-hydrogen) atoms. The number of esters is 1. The molecule has 0 unspecified atom stereocenters. The number of hydrogen-bond acceptors (Lipinski definition) is 3. The van der Waals surface area contributed by atoms with Crippen molar-refractivity contribution in [3.8, 4) is 5.75 Å². The fourth-order valence-corrected chi connectivity index (χ4v) is 12.0. The van der Waals surface area contributed by atoms with Crippen LogP contribution >= 0.6 is 0 Å². The molecule has 10 atom stereocenters. The zero-order valence-corrected chi connectivity index (χ0v) is 27.6. The summed E-state index contributed by atoms with van der Waals surface area (Å²) in [6.07, 6.45) is 17.4. The van der Waals surface area contributed by atoms with Gasteiger partial charge >= 0.3 is 5.97 Å². The summed E-state index contributed by atoms with van der Waals surface area (Å²) in [7, 11) is 0. The van der Waals surface area contributed by atoms with Crippen LogP contribution in [0.2, 0.25) is 0 Å². The van der Waals surface area contributed by atoms with Gasteiger partial charge in [0.25, 0.3) is 0 Å². The van der Waals surface area contributed by atoms with E-state index in [1.165, 1.54) is 44.9 Å². The maximum absolute atomic E-state index is 13.0. The van der Waals surface area contributed by atoms with Gasteiger partial charge < -0.3 is 9.84 Å². The summed E-state index contributed by atoms with van der Waals surface area (Å²) in [4.78, 5) is 13.0. The number of fused-ring (bicyclic) bond motifs is 7. The smallest absolute Gasteiger partial charge is 0.331 e. The second-order valence-corrected chi connectivity index (χ2v) is 17.0. The SMILES string of the molecule is C[C@H]1[C@H](C)CC[C@]2(C)CC[C@]3(C)C(=CC[C@@H]4[C@@]5(C)CC[C@H](OC(=O)/C=C/c6ccc(O)cc6)C(C)(C)[C@@H]5CC[C@]43C)[C@H]12. The second kappa shape index (κ2) is 10.00. The van der Waals surface area contributed by atoms with E-state index in [9.17, 15) is 9.90 Å². The van der Waals surface area contributed by atoms with Gasteiger partial charge in [0, 0.05) is 11.5 Å². The van der Waals surface area contributed by atoms with Crippen molar-refractivity contribution in [1.29, 1.82) is 0 Å². The number of phenolic OH excluding ortho intramolecular Hbond substituents is 1. The van der Waals surface area contributed by atoms with Crippen LogP contribution in [-0.2, 0) is 9.53 Å². The van der Waals surface area contributed by atoms with Gasteiger partial charge in [0.15, 0.2) is 0 Å². The first kappa shape index (κ1) is 30.0. The first-order chi connectivity index (χ1) is 19.7. The first-order valence-corrected chi connectivity index (χ1v) is 17.0. The van der Waals surface area contributed by atoms with Crippen molar-refractivity contribution in [3.63, 3.8) is 0 Å². The summed E-state index contributed by atoms with van der Waals surface area (Å²) >= 11 is 0. The Bertz CT molecular complexity index is 1270. The molecular weight excluding hydrogens is 516 g/mol. The molecule has 0 aliphatic heterocycles. The Morgan fingerprint density at radius 1 is 0.881 bits per heavy atom. The number of rotatable bonds is 3. The van der Waals surface area contributed by atoms with Gasteiger partial charge in [-0.05, 0) is 133 Å². The Hall–Kier alpha value is -2.03. The number of benzene rings is 1. The molecule has 230 valence electrons. The summed E-state index contributed by atoms with van der Waals surface area (Å²) in [6.45, 7) is 20.4. The quantitative estimate of drug-likeness (QED) is 0.223. The van der Waals surface area contributed by atoms with Crippen molar-refractivity contribution in [1.82, 2.24) is 0 Å². The number of ether oxygens (including phenoxy) is 1. The predicted octanol–water partition coefficient (Wildman–Crippen LogP) is 9.99. The van der Waals surface area contributed by atoms with Gasteiger partial charge in [-0.15, -0.1) is 0 Å². The molecule has 5 aliphatic carbocycles. The third-order valence-corrected chi connectivity index (χ3v) is 14.9. The molecular formula is C39H56O3. The van der Waals surface area contributed by atoms with E-state index in [4.69, 9.17) is 4.74 Å². The topological polar surface area (TPSA) is 46.5 Å². The zero-order valence-electron chi connectivity index (χ0n) is 27.6. The summed E-state index contributed by atoms with van der Waals surface area (Å²) in [5.74, 6) is 3.51. The molecule has 0 saturated heterocycles. The van der Waals surface area contributed by atoms with Crippen molar-refractivity contribution < 1.29 is 14.6 Å². The number of carbonyl (C=O) groups is 1. The number of allylic oxidation sites excluding steroid dienone is 2. The highest BCUT2D eigenvalue weighted by molar-refractivity contribution is 5.87. The van der Waals surface area contributed by atoms with Gasteiger partial charge in [-0.25, -0.2) is 4.79 Å². The third kappa shape index (κ3) is 4.29. The van der Waals surface area contributed by atoms with E-state index in [1.807, 2.05) is 5.57 Å². The molecule has 4 fully saturated rings. The number of phenols is 1. The van der Waals surface area contributed by atoms with Crippen molar-refractivity contribution in [2.24, 2.45) is 56.7 Å². The Morgan fingerprint density at radius 2 is 1.60 bits per heavy atom. The minimum atomic E-state index is -0.260. The molecule has 1 N–H and O–H groups in total. The lowest BCUT2D eigenvalue weighted by atomic mass is 9.33. The van der Waals surface area contributed by atoms with Gasteiger partial charge in [-0.2, -0.15) is 0 Å². The van der Waals surface area contributed by atoms with E-state index in [1.54, 1.807) is 36.4 Å². The molecule has 0 spiro atoms. The van der Waals surface area contributed by atoms with Crippen molar-refractivity contribution in [2.45, 2.75) is 119 Å². The third-order valence-electron chi connectivity index (χ3n) is 14.9. The van der Waals surface area contributed by atoms with Crippen LogP contribution < -0.4 is 0 Å². The Morgan fingerprint density at radius 3 is 2.31 bits per heavy atom. The molecule has 0 amide bonds. The van der Waals surface area contributed by atoms with Crippen LogP contribution in [0.4, 0.5) is 0 Å². The van der Waals surface area contributed by atoms with Crippen molar-refractivity contribution in [3.05, 3.63) is 47.6 Å². The average molecular weight is 573 g/mol. The minimum absolute atomic E-state index is 0.0675. The molecule has 0 heterocycles. The molecule has 1 aromatic carbocycles. The van der Waals surface area contributed by atoms with Crippen LogP contribution in [-0.4, -0.2) is 17.2 Å². The Balaban J connectivity index is 1.25. The van der Waals surface area contributed by atoms with Crippen LogP contribution in [0.15, 0.2) is 42.0 Å². The molecule has 3 nitrogen and oxygen atoms in total. The molecule has 4 saturated carbocycles. The highest BCUT2D eigenvalue weighted by Gasteiger charge is 2.68. The van der Waals surface area contributed by atoms with Gasteiger partial charge in [0.1, 0.15) is 11.9 Å². The second-order valence-electron chi connectivity index (χ2n) is 17.0. The zero-order chi connectivity index (χ0) is 30.3. The lowest BCUT2D eigenvalue weighted by Gasteiger charge is -2.71. The van der Waals surface area contributed by atoms with E-state index in [-0.39, 0.29) is 34.1 Å². The van der Waals surface area contributed by atoms with Gasteiger partial charge in [0.05, 0.1) is 0 Å². The van der Waals surface area contributed by atoms with Gasteiger partial charge in [-0.1, -0.05) is 79.2 Å². The van der Waals surface area contributed by atoms with Crippen LogP contribution in [0.5, 0.6) is 5.75 Å². The van der Waals surface area contributed by atoms with E-state index in [0.29, 0.717) is 22.7 Å². The lowest BCUT2D eigenvalue weighted by Crippen LogP contribution is -2.65. The van der Waals surface area contributed by atoms with Gasteiger partial charge in [0.2, 0.25) is 0 Å². The molecule has 6 rings (SSSR count). The largest absolute Gasteiger partial charge is 0.508 e. The van der Waals surface area contributed by atoms with E-state index in [2.05, 4.69) is 61.5 Å². The Labute approximate surface area is 255 Å². The van der Waals surface area contributed by atoms with Crippen molar-refractivity contribution in [2.75, 3.05) is 0 Å². The van der Waals surface area contributed by atoms with Crippen LogP contribution in [0.1, 0.15) is 119 Å². The number of carbonyl (C=O) groups excluding carboxylic acids is 1. The molecule has 0 aromatic heterocycles. The number of hydrogen-bond donors (Lipinski definition) is 1. The first-order valence-electron chi connectivity index (χ1n) is 17.0. The van der Waals surface area contributed by atoms with Gasteiger partial charge in [-0.3, -0.25) is 0 Å². The molecule has 1 aromatic rings. The summed E-state index contributed by atoms with van der Waals surface area (Å²) < 4.78 is 6.22. The molecule has 5 aliphatic rings. The fraction of sp³-hybridized carbons (Fsp3) is 0.718. The number of aromatic hydroxyl groups is 1. The predicted molar refractivity (Wildman–Crippen MR) is 172 cm³/mol. The molecule has 0 radical (unpaired) electrons. The van der Waals surface area contributed by atoms with Crippen LogP contribution in [0.3, 0.4) is 0 Å². The Kier molecular flexibility index (Phi) is 7.14. The standard InChI is InChI=1S/C39H56O3/c1-25-17-20-36(5)23-24-38(7)29(34(36)26(25)2)14-15-31-37(6)21-19-32(35(3,4)30(37)18-22-39(31,38)8)42-33(41)16-11-27-9-12-28(40)13-10-27/h9-14,16,25-26,30-32,34,40H,15,17-24H2,1-8H3/b16-11+/t25-,26+,30+,31-,32+,34+,36-,37+,38-,39-/m1/s1. The molecule has 0 bridgehead atoms. The fourth-order valence-electron chi connectivity index (χ4n) is 12.0. The maximum atomic E-state index is 13.0. The maximum Gasteiger partial charge on any atom is 0.331 e. The highest BCUT2D eigenvalue weighted by atomic mass is 16.5.